The molecule has 3 N–H and O–H groups in total. The number of nitrogens with two attached hydrogens (primary N) is 1. The van der Waals surface area contributed by atoms with Crippen LogP contribution in [-0.4, -0.2) is 5.91 Å². The van der Waals surface area contributed by atoms with Gasteiger partial charge in [0.2, 0.25) is 5.91 Å². The molecule has 0 heterocycles. The minimum absolute atomic E-state index is 0.0423. The highest BCUT2D eigenvalue weighted by Gasteiger charge is 2.12. The Morgan fingerprint density at radius 2 is 2.00 bits per heavy atom. The van der Waals surface area contributed by atoms with E-state index in [2.05, 4.69) is 21.2 Å². The van der Waals surface area contributed by atoms with Crippen molar-refractivity contribution in [1.29, 1.82) is 0 Å². The van der Waals surface area contributed by atoms with Crippen LogP contribution in [0, 0.1) is 11.6 Å². The van der Waals surface area contributed by atoms with Crippen molar-refractivity contribution in [3.8, 4) is 0 Å². The van der Waals surface area contributed by atoms with Crippen LogP contribution in [0.15, 0.2) is 40.9 Å². The lowest BCUT2D eigenvalue weighted by molar-refractivity contribution is 0.100. The highest BCUT2D eigenvalue weighted by molar-refractivity contribution is 9.10. The summed E-state index contributed by atoms with van der Waals surface area (Å²) in [7, 11) is 0. The van der Waals surface area contributed by atoms with E-state index in [-0.39, 0.29) is 16.6 Å². The summed E-state index contributed by atoms with van der Waals surface area (Å²) in [5.41, 5.74) is 5.97. The third-order valence-electron chi connectivity index (χ3n) is 2.76. The van der Waals surface area contributed by atoms with E-state index >= 15 is 0 Å². The van der Waals surface area contributed by atoms with Crippen molar-refractivity contribution >= 4 is 27.5 Å². The van der Waals surface area contributed by atoms with Gasteiger partial charge < -0.3 is 11.1 Å². The largest absolute Gasteiger partial charge is 0.381 e. The fourth-order valence-corrected chi connectivity index (χ4v) is 2.08. The number of hydrogen-bond acceptors (Lipinski definition) is 2. The molecule has 0 atom stereocenters. The first-order chi connectivity index (χ1) is 9.49. The SMILES string of the molecule is NC(=O)c1cccc(NCc2c(F)ccc(Br)c2F)c1. The van der Waals surface area contributed by atoms with Crippen molar-refractivity contribution in [3.05, 3.63) is 63.6 Å². The maximum Gasteiger partial charge on any atom is 0.248 e. The van der Waals surface area contributed by atoms with E-state index in [1.54, 1.807) is 18.2 Å². The maximum absolute atomic E-state index is 13.8. The summed E-state index contributed by atoms with van der Waals surface area (Å²) >= 11 is 3.01. The van der Waals surface area contributed by atoms with Crippen LogP contribution < -0.4 is 11.1 Å². The summed E-state index contributed by atoms with van der Waals surface area (Å²) in [4.78, 5) is 11.0. The predicted molar refractivity (Wildman–Crippen MR) is 76.3 cm³/mol. The van der Waals surface area contributed by atoms with E-state index in [0.717, 1.165) is 0 Å². The second kappa shape index (κ2) is 6.00. The Hall–Kier alpha value is -1.95. The molecule has 0 saturated carbocycles. The summed E-state index contributed by atoms with van der Waals surface area (Å²) in [6.07, 6.45) is 0. The van der Waals surface area contributed by atoms with Gasteiger partial charge in [0.1, 0.15) is 11.6 Å². The molecule has 0 radical (unpaired) electrons. The number of nitrogens with one attached hydrogen (secondary N) is 1. The number of rotatable bonds is 4. The molecule has 1 amide bonds. The van der Waals surface area contributed by atoms with Crippen LogP contribution in [0.5, 0.6) is 0 Å². The van der Waals surface area contributed by atoms with Crippen molar-refractivity contribution in [3.63, 3.8) is 0 Å². The smallest absolute Gasteiger partial charge is 0.248 e. The fourth-order valence-electron chi connectivity index (χ4n) is 1.70. The van der Waals surface area contributed by atoms with Gasteiger partial charge in [-0.3, -0.25) is 4.79 Å². The molecule has 20 heavy (non-hydrogen) atoms. The van der Waals surface area contributed by atoms with E-state index in [4.69, 9.17) is 5.73 Å². The summed E-state index contributed by atoms with van der Waals surface area (Å²) < 4.78 is 27.5. The molecule has 104 valence electrons. The van der Waals surface area contributed by atoms with E-state index in [9.17, 15) is 13.6 Å². The molecule has 0 aliphatic carbocycles. The van der Waals surface area contributed by atoms with Crippen LogP contribution in [0.25, 0.3) is 0 Å². The minimum atomic E-state index is -0.649. The first-order valence-electron chi connectivity index (χ1n) is 5.75. The highest BCUT2D eigenvalue weighted by atomic mass is 79.9. The third kappa shape index (κ3) is 3.14. The number of amides is 1. The summed E-state index contributed by atoms with van der Waals surface area (Å²) in [6, 6.07) is 8.89. The first-order valence-corrected chi connectivity index (χ1v) is 6.54. The monoisotopic (exact) mass is 340 g/mol. The number of hydrogen-bond donors (Lipinski definition) is 2. The van der Waals surface area contributed by atoms with Crippen molar-refractivity contribution < 1.29 is 13.6 Å². The average molecular weight is 341 g/mol. The predicted octanol–water partition coefficient (Wildman–Crippen LogP) is 3.44. The topological polar surface area (TPSA) is 55.1 Å². The van der Waals surface area contributed by atoms with Gasteiger partial charge in [-0.25, -0.2) is 8.78 Å². The molecular weight excluding hydrogens is 330 g/mol. The van der Waals surface area contributed by atoms with Gasteiger partial charge >= 0.3 is 0 Å². The molecule has 0 bridgehead atoms. The Labute approximate surface area is 122 Å². The van der Waals surface area contributed by atoms with E-state index < -0.39 is 17.5 Å². The average Bonchev–Trinajstić information content (AvgIpc) is 2.43. The van der Waals surface area contributed by atoms with Crippen molar-refractivity contribution in [2.45, 2.75) is 6.54 Å². The Morgan fingerprint density at radius 1 is 1.25 bits per heavy atom. The van der Waals surface area contributed by atoms with Crippen molar-refractivity contribution in [2.75, 3.05) is 5.32 Å². The zero-order chi connectivity index (χ0) is 14.7. The van der Waals surface area contributed by atoms with Crippen LogP contribution in [0.4, 0.5) is 14.5 Å². The molecule has 0 fully saturated rings. The Morgan fingerprint density at radius 3 is 2.70 bits per heavy atom. The Bertz CT molecular complexity index is 662. The quantitative estimate of drug-likeness (QED) is 0.837. The van der Waals surface area contributed by atoms with Gasteiger partial charge in [0.05, 0.1) is 4.47 Å². The van der Waals surface area contributed by atoms with Gasteiger partial charge in [0.25, 0.3) is 0 Å². The van der Waals surface area contributed by atoms with E-state index in [1.165, 1.54) is 18.2 Å². The van der Waals surface area contributed by atoms with Crippen molar-refractivity contribution in [2.24, 2.45) is 5.73 Å². The van der Waals surface area contributed by atoms with Crippen LogP contribution in [0.1, 0.15) is 15.9 Å². The summed E-state index contributed by atoms with van der Waals surface area (Å²) in [5.74, 6) is -1.85. The van der Waals surface area contributed by atoms with Crippen molar-refractivity contribution in [1.82, 2.24) is 0 Å². The second-order valence-electron chi connectivity index (χ2n) is 4.12. The summed E-state index contributed by atoms with van der Waals surface area (Å²) in [6.45, 7) is -0.0423. The molecule has 0 unspecified atom stereocenters. The molecule has 0 aromatic heterocycles. The first kappa shape index (κ1) is 14.5. The molecular formula is C14H11BrF2N2O. The van der Waals surface area contributed by atoms with Gasteiger partial charge in [-0.2, -0.15) is 0 Å². The van der Waals surface area contributed by atoms with Gasteiger partial charge in [-0.15, -0.1) is 0 Å². The summed E-state index contributed by atoms with van der Waals surface area (Å²) in [5, 5.41) is 2.86. The molecule has 3 nitrogen and oxygen atoms in total. The Balaban J connectivity index is 2.19. The lowest BCUT2D eigenvalue weighted by Gasteiger charge is -2.10. The lowest BCUT2D eigenvalue weighted by Crippen LogP contribution is -2.11. The highest BCUT2D eigenvalue weighted by Crippen LogP contribution is 2.22. The van der Waals surface area contributed by atoms with Crippen LogP contribution in [0.3, 0.4) is 0 Å². The normalized spacial score (nSPS) is 10.3. The van der Waals surface area contributed by atoms with Crippen LogP contribution in [-0.2, 0) is 6.54 Å². The number of anilines is 1. The van der Waals surface area contributed by atoms with E-state index in [0.29, 0.717) is 11.3 Å². The van der Waals surface area contributed by atoms with Gasteiger partial charge in [0, 0.05) is 23.4 Å². The lowest BCUT2D eigenvalue weighted by atomic mass is 10.1. The van der Waals surface area contributed by atoms with Crippen LogP contribution in [0.2, 0.25) is 0 Å². The molecule has 6 heteroatoms. The third-order valence-corrected chi connectivity index (χ3v) is 3.37. The number of primary amides is 1. The number of benzene rings is 2. The molecule has 2 aromatic carbocycles. The van der Waals surface area contributed by atoms with E-state index in [1.807, 2.05) is 0 Å². The molecule has 0 spiro atoms. The van der Waals surface area contributed by atoms with Gasteiger partial charge in [-0.1, -0.05) is 6.07 Å². The molecule has 0 aliphatic heterocycles. The molecule has 0 aliphatic rings. The molecule has 0 saturated heterocycles. The van der Waals surface area contributed by atoms with Gasteiger partial charge in [0.15, 0.2) is 0 Å². The Kier molecular flexibility index (Phi) is 4.34. The zero-order valence-electron chi connectivity index (χ0n) is 10.3. The standard InChI is InChI=1S/C14H11BrF2N2O/c15-11-4-5-12(16)10(13(11)17)7-19-9-3-1-2-8(6-9)14(18)20/h1-6,19H,7H2,(H2,18,20). The zero-order valence-corrected chi connectivity index (χ0v) is 11.9. The molecule has 2 aromatic rings. The number of carbonyl (C=O) groups excluding carboxylic acids is 1. The maximum atomic E-state index is 13.8. The minimum Gasteiger partial charge on any atom is -0.381 e. The fraction of sp³-hybridized carbons (Fsp3) is 0.0714. The number of carbonyl (C=O) groups is 1. The van der Waals surface area contributed by atoms with Gasteiger partial charge in [-0.05, 0) is 46.3 Å². The molecule has 2 rings (SSSR count). The number of halogens is 3. The van der Waals surface area contributed by atoms with Crippen LogP contribution >= 0.6 is 15.9 Å². The second-order valence-corrected chi connectivity index (χ2v) is 4.97.